The van der Waals surface area contributed by atoms with Crippen molar-refractivity contribution in [1.29, 1.82) is 0 Å². The van der Waals surface area contributed by atoms with Crippen LogP contribution < -0.4 is 26.4 Å². The van der Waals surface area contributed by atoms with Crippen molar-refractivity contribution in [3.05, 3.63) is 148 Å². The molecule has 64 heavy (non-hydrogen) atoms. The first-order chi connectivity index (χ1) is 30.2. The molecule has 6 aromatic carbocycles. The van der Waals surface area contributed by atoms with Gasteiger partial charge in [-0.25, -0.2) is 0 Å². The van der Waals surface area contributed by atoms with Gasteiger partial charge in [-0.15, -0.1) is 0 Å². The highest BCUT2D eigenvalue weighted by Gasteiger charge is 2.51. The number of furan rings is 1. The van der Waals surface area contributed by atoms with Crippen molar-refractivity contribution in [3.8, 4) is 11.1 Å². The van der Waals surface area contributed by atoms with Crippen molar-refractivity contribution in [3.63, 3.8) is 0 Å². The Bertz CT molecular complexity index is 3080. The fourth-order valence-corrected chi connectivity index (χ4v) is 12.2. The minimum absolute atomic E-state index is 0.0213. The smallest absolute Gasteiger partial charge is 0.297 e. The first kappa shape index (κ1) is 41.2. The minimum atomic E-state index is -0.107. The zero-order valence-electron chi connectivity index (χ0n) is 40.6. The summed E-state index contributed by atoms with van der Waals surface area (Å²) in [5.41, 5.74) is 24.4. The quantitative estimate of drug-likeness (QED) is 0.165. The molecule has 0 spiro atoms. The van der Waals surface area contributed by atoms with E-state index in [0.29, 0.717) is 0 Å². The van der Waals surface area contributed by atoms with E-state index in [1.807, 2.05) is 0 Å². The van der Waals surface area contributed by atoms with E-state index in [1.54, 1.807) is 0 Å². The number of hydrogen-bond acceptors (Lipinski definition) is 3. The van der Waals surface area contributed by atoms with Crippen molar-refractivity contribution in [2.75, 3.05) is 9.80 Å². The second-order valence-corrected chi connectivity index (χ2v) is 23.7. The van der Waals surface area contributed by atoms with Crippen molar-refractivity contribution < 1.29 is 4.42 Å². The first-order valence-electron chi connectivity index (χ1n) is 24.0. The highest BCUT2D eigenvalue weighted by molar-refractivity contribution is 7.00. The number of anilines is 6. The monoisotopic (exact) mass is 841 g/mol. The highest BCUT2D eigenvalue weighted by atomic mass is 16.3. The molecule has 1 aromatic heterocycles. The van der Waals surface area contributed by atoms with Crippen molar-refractivity contribution in [2.45, 2.75) is 143 Å². The van der Waals surface area contributed by atoms with Crippen molar-refractivity contribution in [2.24, 2.45) is 0 Å². The van der Waals surface area contributed by atoms with Gasteiger partial charge in [-0.2, -0.15) is 0 Å². The molecule has 11 rings (SSSR count). The van der Waals surface area contributed by atoms with Crippen LogP contribution in [0.1, 0.15) is 141 Å². The second kappa shape index (κ2) is 13.5. The maximum atomic E-state index is 7.40. The maximum Gasteiger partial charge on any atom is 0.297 e. The number of benzene rings is 6. The van der Waals surface area contributed by atoms with Crippen molar-refractivity contribution in [1.82, 2.24) is 0 Å². The van der Waals surface area contributed by atoms with Crippen LogP contribution in [0.4, 0.5) is 34.1 Å². The lowest BCUT2D eigenvalue weighted by atomic mass is 9.35. The number of rotatable bonds is 3. The lowest BCUT2D eigenvalue weighted by Crippen LogP contribution is -2.61. The van der Waals surface area contributed by atoms with E-state index in [2.05, 4.69) is 209 Å². The first-order valence-corrected chi connectivity index (χ1v) is 24.0. The number of aryl methyl sites for hydroxylation is 2. The minimum Gasteiger partial charge on any atom is -0.468 e. The zero-order valence-corrected chi connectivity index (χ0v) is 40.6. The second-order valence-electron chi connectivity index (χ2n) is 23.7. The molecule has 0 atom stereocenters. The summed E-state index contributed by atoms with van der Waals surface area (Å²) in [6, 6.07) is 42.4. The molecular weight excluding hydrogens is 775 g/mol. The van der Waals surface area contributed by atoms with Crippen LogP contribution in [0.5, 0.6) is 0 Å². The topological polar surface area (TPSA) is 19.6 Å². The van der Waals surface area contributed by atoms with Crippen LogP contribution >= 0.6 is 0 Å². The standard InChI is InChI=1S/C60H65BN2O/c1-36-19-26-50-42(31-36)53-55(64-50)61-46-24-23-44-51(60(12,13)30-29-58(44,8)9)54(46)62(40-21-22-43-45(35-40)59(10,11)28-27-57(43,6)7)48-32-37(2)33-49(52(48)61)63(53)47-25-20-39(56(3,4)5)34-41(47)38-17-15-14-16-18-38/h14-26,31-35H,27-30H2,1-13H3. The van der Waals surface area contributed by atoms with Gasteiger partial charge in [0.2, 0.25) is 0 Å². The molecule has 0 fully saturated rings. The predicted octanol–water partition coefficient (Wildman–Crippen LogP) is 14.8. The third-order valence-electron chi connectivity index (χ3n) is 16.2. The molecule has 0 unspecified atom stereocenters. The largest absolute Gasteiger partial charge is 0.468 e. The number of hydrogen-bond donors (Lipinski definition) is 0. The van der Waals surface area contributed by atoms with E-state index in [0.717, 1.165) is 35.2 Å². The summed E-state index contributed by atoms with van der Waals surface area (Å²) in [6.07, 6.45) is 4.66. The molecule has 4 heteroatoms. The SMILES string of the molecule is Cc1cc2c3c(c1)N(c1ccc(C(C)(C)C)cc1-c1ccccc1)c1c(oc4ccc(C)cc14)B3c1ccc3c(c1N2c1ccc2c(c1)C(C)(C)CCC2(C)C)C(C)(C)CCC3(C)C. The van der Waals surface area contributed by atoms with Crippen LogP contribution in [0.3, 0.4) is 0 Å². The summed E-state index contributed by atoms with van der Waals surface area (Å²) in [6.45, 7) is 31.1. The summed E-state index contributed by atoms with van der Waals surface area (Å²) in [5, 5.41) is 1.16. The Labute approximate surface area is 383 Å². The van der Waals surface area contributed by atoms with Crippen LogP contribution in [-0.2, 0) is 27.1 Å². The zero-order chi connectivity index (χ0) is 45.0. The van der Waals surface area contributed by atoms with Crippen molar-refractivity contribution >= 4 is 68.4 Å². The molecule has 0 saturated heterocycles. The summed E-state index contributed by atoms with van der Waals surface area (Å²) in [5.74, 6) is 0. The van der Waals surface area contributed by atoms with Crippen LogP contribution in [-0.4, -0.2) is 6.71 Å². The molecule has 0 amide bonds. The Morgan fingerprint density at radius 3 is 1.89 bits per heavy atom. The van der Waals surface area contributed by atoms with Gasteiger partial charge in [-0.1, -0.05) is 142 Å². The van der Waals surface area contributed by atoms with Gasteiger partial charge in [0.05, 0.1) is 17.0 Å². The summed E-state index contributed by atoms with van der Waals surface area (Å²) in [4.78, 5) is 5.30. The number of fused-ring (bicyclic) bond motifs is 9. The maximum absolute atomic E-state index is 7.40. The third kappa shape index (κ3) is 5.99. The summed E-state index contributed by atoms with van der Waals surface area (Å²) < 4.78 is 7.40. The van der Waals surface area contributed by atoms with E-state index in [1.165, 1.54) is 102 Å². The summed E-state index contributed by atoms with van der Waals surface area (Å²) in [7, 11) is 0. The van der Waals surface area contributed by atoms with Gasteiger partial charge in [0.15, 0.2) is 0 Å². The van der Waals surface area contributed by atoms with E-state index in [9.17, 15) is 0 Å². The average molecular weight is 841 g/mol. The molecule has 0 N–H and O–H groups in total. The lowest BCUT2D eigenvalue weighted by Gasteiger charge is -2.49. The molecule has 0 bridgehead atoms. The molecule has 0 saturated carbocycles. The fraction of sp³-hybridized carbons (Fsp3) is 0.367. The Morgan fingerprint density at radius 1 is 0.547 bits per heavy atom. The van der Waals surface area contributed by atoms with Gasteiger partial charge in [0, 0.05) is 33.7 Å². The summed E-state index contributed by atoms with van der Waals surface area (Å²) >= 11 is 0. The van der Waals surface area contributed by atoms with Gasteiger partial charge in [0.1, 0.15) is 5.58 Å². The van der Waals surface area contributed by atoms with Crippen LogP contribution in [0.2, 0.25) is 0 Å². The Kier molecular flexibility index (Phi) is 8.72. The lowest BCUT2D eigenvalue weighted by molar-refractivity contribution is 0.331. The van der Waals surface area contributed by atoms with Crippen LogP contribution in [0.25, 0.3) is 22.1 Å². The third-order valence-corrected chi connectivity index (χ3v) is 16.2. The normalized spacial score (nSPS) is 18.5. The van der Waals surface area contributed by atoms with E-state index < -0.39 is 0 Å². The average Bonchev–Trinajstić information content (AvgIpc) is 3.61. The Balaban J connectivity index is 1.29. The molecule has 7 aromatic rings. The van der Waals surface area contributed by atoms with Gasteiger partial charge >= 0.3 is 0 Å². The Hall–Kier alpha value is -5.48. The molecule has 2 aliphatic heterocycles. The van der Waals surface area contributed by atoms with Gasteiger partial charge < -0.3 is 14.2 Å². The van der Waals surface area contributed by atoms with Gasteiger partial charge in [0.25, 0.3) is 6.71 Å². The number of nitrogens with zero attached hydrogens (tertiary/aromatic N) is 2. The highest BCUT2D eigenvalue weighted by Crippen LogP contribution is 2.56. The Morgan fingerprint density at radius 2 is 1.19 bits per heavy atom. The molecule has 3 heterocycles. The molecule has 0 radical (unpaired) electrons. The molecule has 2 aliphatic carbocycles. The van der Waals surface area contributed by atoms with Gasteiger partial charge in [-0.05, 0) is 165 Å². The molecule has 3 nitrogen and oxygen atoms in total. The molecular formula is C60H65BN2O. The molecule has 4 aliphatic rings. The van der Waals surface area contributed by atoms with Gasteiger partial charge in [-0.3, -0.25) is 0 Å². The van der Waals surface area contributed by atoms with Crippen LogP contribution in [0, 0.1) is 13.8 Å². The van der Waals surface area contributed by atoms with Crippen LogP contribution in [0.15, 0.2) is 114 Å². The van der Waals surface area contributed by atoms with E-state index in [-0.39, 0.29) is 33.8 Å². The fourth-order valence-electron chi connectivity index (χ4n) is 12.2. The van der Waals surface area contributed by atoms with E-state index >= 15 is 0 Å². The predicted molar refractivity (Wildman–Crippen MR) is 274 cm³/mol. The van der Waals surface area contributed by atoms with E-state index in [4.69, 9.17) is 4.42 Å². The molecule has 324 valence electrons.